The molecule has 0 aliphatic carbocycles. The topological polar surface area (TPSA) is 59.1 Å². The third-order valence-corrected chi connectivity index (χ3v) is 2.48. The summed E-state index contributed by atoms with van der Waals surface area (Å²) in [5.74, 6) is 2.56. The van der Waals surface area contributed by atoms with Crippen molar-refractivity contribution in [1.82, 2.24) is 9.97 Å². The summed E-state index contributed by atoms with van der Waals surface area (Å²) >= 11 is 0. The molecular weight excluding hydrogens is 216 g/mol. The molecule has 1 unspecified atom stereocenters. The van der Waals surface area contributed by atoms with E-state index >= 15 is 0 Å². The molecule has 5 heteroatoms. The first-order valence-electron chi connectivity index (χ1n) is 6.02. The minimum atomic E-state index is 0.164. The van der Waals surface area contributed by atoms with E-state index < -0.39 is 0 Å². The molecule has 1 aromatic heterocycles. The minimum absolute atomic E-state index is 0.164. The van der Waals surface area contributed by atoms with Gasteiger partial charge < -0.3 is 15.4 Å². The zero-order valence-electron chi connectivity index (χ0n) is 11.1. The summed E-state index contributed by atoms with van der Waals surface area (Å²) in [6, 6.07) is 1.90. The highest BCUT2D eigenvalue weighted by Crippen LogP contribution is 2.12. The zero-order valence-corrected chi connectivity index (χ0v) is 11.1. The van der Waals surface area contributed by atoms with Crippen LogP contribution < -0.4 is 10.6 Å². The van der Waals surface area contributed by atoms with E-state index in [1.54, 1.807) is 7.11 Å². The highest BCUT2D eigenvalue weighted by molar-refractivity contribution is 5.47. The number of anilines is 2. The van der Waals surface area contributed by atoms with Crippen molar-refractivity contribution in [3.63, 3.8) is 0 Å². The van der Waals surface area contributed by atoms with E-state index in [4.69, 9.17) is 4.74 Å². The molecule has 1 atom stereocenters. The molecule has 1 aromatic rings. The fourth-order valence-corrected chi connectivity index (χ4v) is 1.38. The number of aromatic nitrogens is 2. The van der Waals surface area contributed by atoms with Gasteiger partial charge in [0.15, 0.2) is 0 Å². The van der Waals surface area contributed by atoms with Gasteiger partial charge in [-0.25, -0.2) is 9.97 Å². The number of nitrogens with zero attached hydrogens (tertiary/aromatic N) is 2. The van der Waals surface area contributed by atoms with Crippen molar-refractivity contribution >= 4 is 11.6 Å². The monoisotopic (exact) mass is 238 g/mol. The van der Waals surface area contributed by atoms with Gasteiger partial charge in [-0.15, -0.1) is 0 Å². The van der Waals surface area contributed by atoms with E-state index in [0.29, 0.717) is 0 Å². The summed E-state index contributed by atoms with van der Waals surface area (Å²) in [6.45, 7) is 4.87. The third-order valence-electron chi connectivity index (χ3n) is 2.48. The smallest absolute Gasteiger partial charge is 0.133 e. The second kappa shape index (κ2) is 7.06. The van der Waals surface area contributed by atoms with E-state index in [-0.39, 0.29) is 6.10 Å². The molecule has 0 fully saturated rings. The standard InChI is InChI=1S/C12H22N4O/c1-5-6-10-15-11(13-3)7-12(16-10)14-8-9(2)17-4/h7,9H,5-6,8H2,1-4H3,(H2,13,14,15,16). The van der Waals surface area contributed by atoms with E-state index in [1.165, 1.54) is 0 Å². The molecule has 0 amide bonds. The Hall–Kier alpha value is -1.36. The third kappa shape index (κ3) is 4.56. The van der Waals surface area contributed by atoms with Crippen LogP contribution >= 0.6 is 0 Å². The molecule has 17 heavy (non-hydrogen) atoms. The van der Waals surface area contributed by atoms with Crippen molar-refractivity contribution < 1.29 is 4.74 Å². The molecule has 0 saturated heterocycles. The van der Waals surface area contributed by atoms with Crippen LogP contribution in [0.2, 0.25) is 0 Å². The summed E-state index contributed by atoms with van der Waals surface area (Å²) in [6.07, 6.45) is 2.10. The Bertz CT molecular complexity index is 343. The van der Waals surface area contributed by atoms with E-state index in [2.05, 4.69) is 27.5 Å². The summed E-state index contributed by atoms with van der Waals surface area (Å²) in [5, 5.41) is 6.30. The van der Waals surface area contributed by atoms with Crippen LogP contribution in [0.15, 0.2) is 6.07 Å². The molecule has 0 bridgehead atoms. The van der Waals surface area contributed by atoms with Crippen LogP contribution in [0.1, 0.15) is 26.1 Å². The Labute approximate surface area is 103 Å². The van der Waals surface area contributed by atoms with Crippen LogP contribution in [-0.4, -0.2) is 36.8 Å². The number of ether oxygens (including phenoxy) is 1. The van der Waals surface area contributed by atoms with Crippen molar-refractivity contribution in [2.45, 2.75) is 32.8 Å². The number of methoxy groups -OCH3 is 1. The number of rotatable bonds is 7. The van der Waals surface area contributed by atoms with E-state index in [1.807, 2.05) is 20.0 Å². The van der Waals surface area contributed by atoms with E-state index in [0.717, 1.165) is 36.8 Å². The maximum atomic E-state index is 5.18. The van der Waals surface area contributed by atoms with Gasteiger partial charge in [-0.2, -0.15) is 0 Å². The average Bonchev–Trinajstić information content (AvgIpc) is 2.36. The fourth-order valence-electron chi connectivity index (χ4n) is 1.38. The van der Waals surface area contributed by atoms with Gasteiger partial charge in [0.1, 0.15) is 17.5 Å². The predicted octanol–water partition coefficient (Wildman–Crippen LogP) is 1.92. The van der Waals surface area contributed by atoms with Crippen LogP contribution in [-0.2, 0) is 11.2 Å². The molecule has 0 radical (unpaired) electrons. The normalized spacial score (nSPS) is 12.2. The first kappa shape index (κ1) is 13.7. The second-order valence-electron chi connectivity index (χ2n) is 3.98. The van der Waals surface area contributed by atoms with Gasteiger partial charge in [0.2, 0.25) is 0 Å². The highest BCUT2D eigenvalue weighted by Gasteiger charge is 2.04. The lowest BCUT2D eigenvalue weighted by atomic mass is 10.3. The lowest BCUT2D eigenvalue weighted by Crippen LogP contribution is -2.19. The van der Waals surface area contributed by atoms with Gasteiger partial charge in [0.05, 0.1) is 6.10 Å². The first-order chi connectivity index (χ1) is 8.19. The van der Waals surface area contributed by atoms with Gasteiger partial charge >= 0.3 is 0 Å². The summed E-state index contributed by atoms with van der Waals surface area (Å²) in [4.78, 5) is 8.85. The number of hydrogen-bond acceptors (Lipinski definition) is 5. The van der Waals surface area contributed by atoms with Crippen LogP contribution in [0.5, 0.6) is 0 Å². The molecule has 2 N–H and O–H groups in total. The molecular formula is C12H22N4O. The van der Waals surface area contributed by atoms with Crippen LogP contribution in [0, 0.1) is 0 Å². The summed E-state index contributed by atoms with van der Waals surface area (Å²) in [7, 11) is 3.56. The molecule has 0 aromatic carbocycles. The number of hydrogen-bond donors (Lipinski definition) is 2. The maximum absolute atomic E-state index is 5.18. The van der Waals surface area contributed by atoms with Gasteiger partial charge in [0.25, 0.3) is 0 Å². The molecule has 5 nitrogen and oxygen atoms in total. The number of nitrogens with one attached hydrogen (secondary N) is 2. The largest absolute Gasteiger partial charge is 0.380 e. The van der Waals surface area contributed by atoms with Crippen molar-refractivity contribution in [2.24, 2.45) is 0 Å². The minimum Gasteiger partial charge on any atom is -0.380 e. The molecule has 1 heterocycles. The van der Waals surface area contributed by atoms with Crippen LogP contribution in [0.3, 0.4) is 0 Å². The van der Waals surface area contributed by atoms with Gasteiger partial charge in [0, 0.05) is 33.2 Å². The lowest BCUT2D eigenvalue weighted by molar-refractivity contribution is 0.128. The Morgan fingerprint density at radius 3 is 2.65 bits per heavy atom. The maximum Gasteiger partial charge on any atom is 0.133 e. The van der Waals surface area contributed by atoms with Gasteiger partial charge in [-0.1, -0.05) is 6.92 Å². The SMILES string of the molecule is CCCc1nc(NC)cc(NCC(C)OC)n1. The molecule has 0 aliphatic rings. The van der Waals surface area contributed by atoms with E-state index in [9.17, 15) is 0 Å². The Kier molecular flexibility index (Phi) is 5.69. The summed E-state index contributed by atoms with van der Waals surface area (Å²) < 4.78 is 5.18. The zero-order chi connectivity index (χ0) is 12.7. The molecule has 96 valence electrons. The predicted molar refractivity (Wildman–Crippen MR) is 70.5 cm³/mol. The Morgan fingerprint density at radius 1 is 1.35 bits per heavy atom. The average molecular weight is 238 g/mol. The highest BCUT2D eigenvalue weighted by atomic mass is 16.5. The second-order valence-corrected chi connectivity index (χ2v) is 3.98. The molecule has 0 aliphatic heterocycles. The molecule has 1 rings (SSSR count). The van der Waals surface area contributed by atoms with Crippen LogP contribution in [0.4, 0.5) is 11.6 Å². The van der Waals surface area contributed by atoms with Gasteiger partial charge in [-0.3, -0.25) is 0 Å². The van der Waals surface area contributed by atoms with Crippen molar-refractivity contribution in [3.8, 4) is 0 Å². The summed E-state index contributed by atoms with van der Waals surface area (Å²) in [5.41, 5.74) is 0. The molecule has 0 saturated carbocycles. The quantitative estimate of drug-likeness (QED) is 0.760. The van der Waals surface area contributed by atoms with Crippen molar-refractivity contribution in [1.29, 1.82) is 0 Å². The molecule has 0 spiro atoms. The van der Waals surface area contributed by atoms with Gasteiger partial charge in [-0.05, 0) is 13.3 Å². The Morgan fingerprint density at radius 2 is 2.06 bits per heavy atom. The fraction of sp³-hybridized carbons (Fsp3) is 0.667. The van der Waals surface area contributed by atoms with Crippen LogP contribution in [0.25, 0.3) is 0 Å². The first-order valence-corrected chi connectivity index (χ1v) is 6.02. The number of aryl methyl sites for hydroxylation is 1. The van der Waals surface area contributed by atoms with Crippen molar-refractivity contribution in [3.05, 3.63) is 11.9 Å². The Balaban J connectivity index is 2.72. The lowest BCUT2D eigenvalue weighted by Gasteiger charge is -2.13. The van der Waals surface area contributed by atoms with Crippen molar-refractivity contribution in [2.75, 3.05) is 31.3 Å².